The molecule has 0 aliphatic heterocycles. The SMILES string of the molecule is CC(C)C(Nc1ccc([Si](C)(C)C)cc1)C(C)C. The quantitative estimate of drug-likeness (QED) is 0.780. The standard InChI is InChI=1S/C16H29NSi/c1-12(2)16(13(3)4)17-14-8-10-15(11-9-14)18(5,6)7/h8-13,16-17H,1-7H3. The van der Waals surface area contributed by atoms with Crippen molar-refractivity contribution in [3.05, 3.63) is 24.3 Å². The van der Waals surface area contributed by atoms with Crippen LogP contribution in [0.2, 0.25) is 19.6 Å². The molecular weight excluding hydrogens is 234 g/mol. The van der Waals surface area contributed by atoms with E-state index in [4.69, 9.17) is 0 Å². The van der Waals surface area contributed by atoms with Crippen LogP contribution in [-0.2, 0) is 0 Å². The van der Waals surface area contributed by atoms with Gasteiger partial charge in [0.1, 0.15) is 0 Å². The van der Waals surface area contributed by atoms with Gasteiger partial charge in [0.15, 0.2) is 0 Å². The monoisotopic (exact) mass is 263 g/mol. The summed E-state index contributed by atoms with van der Waals surface area (Å²) >= 11 is 0. The molecule has 0 unspecified atom stereocenters. The van der Waals surface area contributed by atoms with E-state index in [1.807, 2.05) is 0 Å². The molecule has 0 amide bonds. The predicted molar refractivity (Wildman–Crippen MR) is 86.5 cm³/mol. The van der Waals surface area contributed by atoms with Gasteiger partial charge in [0.25, 0.3) is 0 Å². The van der Waals surface area contributed by atoms with Crippen LogP contribution in [0, 0.1) is 11.8 Å². The van der Waals surface area contributed by atoms with E-state index in [0.29, 0.717) is 17.9 Å². The molecule has 2 heteroatoms. The number of anilines is 1. The average Bonchev–Trinajstić information content (AvgIpc) is 2.24. The van der Waals surface area contributed by atoms with Crippen molar-refractivity contribution in [1.82, 2.24) is 0 Å². The molecule has 0 aliphatic carbocycles. The second-order valence-electron chi connectivity index (χ2n) is 6.99. The Hall–Kier alpha value is -0.763. The zero-order valence-electron chi connectivity index (χ0n) is 13.0. The zero-order valence-corrected chi connectivity index (χ0v) is 14.0. The molecule has 0 aliphatic rings. The van der Waals surface area contributed by atoms with Crippen molar-refractivity contribution in [2.75, 3.05) is 5.32 Å². The van der Waals surface area contributed by atoms with Crippen LogP contribution >= 0.6 is 0 Å². The molecule has 0 radical (unpaired) electrons. The molecule has 0 heterocycles. The van der Waals surface area contributed by atoms with Crippen molar-refractivity contribution < 1.29 is 0 Å². The van der Waals surface area contributed by atoms with Crippen LogP contribution in [0.25, 0.3) is 0 Å². The first-order valence-corrected chi connectivity index (χ1v) is 10.6. The highest BCUT2D eigenvalue weighted by Gasteiger charge is 2.18. The summed E-state index contributed by atoms with van der Waals surface area (Å²) in [5.74, 6) is 1.31. The van der Waals surface area contributed by atoms with Gasteiger partial charge < -0.3 is 5.32 Å². The lowest BCUT2D eigenvalue weighted by Crippen LogP contribution is -2.37. The van der Waals surface area contributed by atoms with Gasteiger partial charge in [-0.15, -0.1) is 0 Å². The van der Waals surface area contributed by atoms with E-state index in [2.05, 4.69) is 76.9 Å². The van der Waals surface area contributed by atoms with Crippen LogP contribution < -0.4 is 10.5 Å². The third-order valence-corrected chi connectivity index (χ3v) is 5.59. The van der Waals surface area contributed by atoms with E-state index < -0.39 is 8.07 Å². The van der Waals surface area contributed by atoms with Crippen LogP contribution in [0.4, 0.5) is 5.69 Å². The Balaban J connectivity index is 2.80. The van der Waals surface area contributed by atoms with Crippen LogP contribution in [0.3, 0.4) is 0 Å². The summed E-state index contributed by atoms with van der Waals surface area (Å²) in [4.78, 5) is 0. The molecule has 0 spiro atoms. The molecule has 102 valence electrons. The van der Waals surface area contributed by atoms with E-state index in [1.165, 1.54) is 10.9 Å². The number of benzene rings is 1. The summed E-state index contributed by atoms with van der Waals surface area (Å²) in [5, 5.41) is 5.20. The summed E-state index contributed by atoms with van der Waals surface area (Å²) in [6, 6.07) is 9.62. The predicted octanol–water partition coefficient (Wildman–Crippen LogP) is 4.32. The average molecular weight is 264 g/mol. The third-order valence-electron chi connectivity index (χ3n) is 3.52. The Bertz CT molecular complexity index is 352. The molecule has 0 saturated carbocycles. The van der Waals surface area contributed by atoms with Crippen molar-refractivity contribution in [2.24, 2.45) is 11.8 Å². The number of hydrogen-bond acceptors (Lipinski definition) is 1. The summed E-state index contributed by atoms with van der Waals surface area (Å²) < 4.78 is 0. The second kappa shape index (κ2) is 5.92. The van der Waals surface area contributed by atoms with E-state index in [9.17, 15) is 0 Å². The van der Waals surface area contributed by atoms with Gasteiger partial charge in [-0.3, -0.25) is 0 Å². The Morgan fingerprint density at radius 1 is 0.833 bits per heavy atom. The Morgan fingerprint density at radius 3 is 1.61 bits per heavy atom. The maximum absolute atomic E-state index is 3.67. The van der Waals surface area contributed by atoms with Crippen molar-refractivity contribution in [2.45, 2.75) is 53.4 Å². The normalized spacial score (nSPS) is 12.6. The van der Waals surface area contributed by atoms with E-state index >= 15 is 0 Å². The fourth-order valence-electron chi connectivity index (χ4n) is 2.36. The Kier molecular flexibility index (Phi) is 5.03. The molecule has 0 fully saturated rings. The first-order chi connectivity index (χ1) is 8.21. The van der Waals surface area contributed by atoms with Gasteiger partial charge in [-0.2, -0.15) is 0 Å². The van der Waals surface area contributed by atoms with Gasteiger partial charge in [0, 0.05) is 11.7 Å². The highest BCUT2D eigenvalue weighted by atomic mass is 28.3. The maximum Gasteiger partial charge on any atom is 0.0775 e. The first kappa shape index (κ1) is 15.3. The fourth-order valence-corrected chi connectivity index (χ4v) is 3.53. The molecule has 0 aromatic heterocycles. The van der Waals surface area contributed by atoms with E-state index in [0.717, 1.165) is 0 Å². The molecule has 1 rings (SSSR count). The summed E-state index contributed by atoms with van der Waals surface area (Å²) in [5.41, 5.74) is 1.25. The summed E-state index contributed by atoms with van der Waals surface area (Å²) in [7, 11) is -1.17. The van der Waals surface area contributed by atoms with E-state index in [1.54, 1.807) is 0 Å². The number of rotatable bonds is 5. The van der Waals surface area contributed by atoms with Gasteiger partial charge in [-0.25, -0.2) is 0 Å². The molecule has 1 nitrogen and oxygen atoms in total. The van der Waals surface area contributed by atoms with Crippen LogP contribution in [0.1, 0.15) is 27.7 Å². The Morgan fingerprint density at radius 2 is 1.28 bits per heavy atom. The largest absolute Gasteiger partial charge is 0.382 e. The molecule has 0 saturated heterocycles. The minimum Gasteiger partial charge on any atom is -0.382 e. The second-order valence-corrected chi connectivity index (χ2v) is 12.1. The smallest absolute Gasteiger partial charge is 0.0775 e. The summed E-state index contributed by atoms with van der Waals surface area (Å²) in [6.45, 7) is 16.3. The zero-order chi connectivity index (χ0) is 13.9. The van der Waals surface area contributed by atoms with E-state index in [-0.39, 0.29) is 0 Å². The molecule has 0 atom stereocenters. The van der Waals surface area contributed by atoms with Crippen LogP contribution in [0.5, 0.6) is 0 Å². The number of nitrogens with one attached hydrogen (secondary N) is 1. The van der Waals surface area contributed by atoms with Gasteiger partial charge in [-0.1, -0.05) is 64.7 Å². The lowest BCUT2D eigenvalue weighted by molar-refractivity contribution is 0.413. The third kappa shape index (κ3) is 4.16. The molecule has 18 heavy (non-hydrogen) atoms. The van der Waals surface area contributed by atoms with Gasteiger partial charge in [0.2, 0.25) is 0 Å². The highest BCUT2D eigenvalue weighted by molar-refractivity contribution is 6.88. The molecular formula is C16H29NSi. The van der Waals surface area contributed by atoms with Crippen molar-refractivity contribution >= 4 is 18.9 Å². The molecule has 1 aromatic rings. The van der Waals surface area contributed by atoms with Gasteiger partial charge in [0.05, 0.1) is 8.07 Å². The molecule has 1 N–H and O–H groups in total. The molecule has 0 bridgehead atoms. The van der Waals surface area contributed by atoms with Gasteiger partial charge in [-0.05, 0) is 24.0 Å². The highest BCUT2D eigenvalue weighted by Crippen LogP contribution is 2.18. The lowest BCUT2D eigenvalue weighted by atomic mass is 9.93. The Labute approximate surface area is 114 Å². The van der Waals surface area contributed by atoms with Crippen molar-refractivity contribution in [3.63, 3.8) is 0 Å². The minimum absolute atomic E-state index is 0.544. The van der Waals surface area contributed by atoms with Crippen LogP contribution in [0.15, 0.2) is 24.3 Å². The number of hydrogen-bond donors (Lipinski definition) is 1. The lowest BCUT2D eigenvalue weighted by Gasteiger charge is -2.27. The minimum atomic E-state index is -1.17. The molecule has 1 aromatic carbocycles. The topological polar surface area (TPSA) is 12.0 Å². The summed E-state index contributed by atoms with van der Waals surface area (Å²) in [6.07, 6.45) is 0. The van der Waals surface area contributed by atoms with Crippen molar-refractivity contribution in [1.29, 1.82) is 0 Å². The van der Waals surface area contributed by atoms with Crippen molar-refractivity contribution in [3.8, 4) is 0 Å². The fraction of sp³-hybridized carbons (Fsp3) is 0.625. The van der Waals surface area contributed by atoms with Crippen LogP contribution in [-0.4, -0.2) is 14.1 Å². The van der Waals surface area contributed by atoms with Gasteiger partial charge >= 0.3 is 0 Å². The maximum atomic E-state index is 3.67. The first-order valence-electron chi connectivity index (χ1n) is 7.09.